The maximum absolute atomic E-state index is 12.1. The van der Waals surface area contributed by atoms with Gasteiger partial charge in [-0.25, -0.2) is 5.43 Å². The van der Waals surface area contributed by atoms with E-state index in [1.54, 1.807) is 12.1 Å². The lowest BCUT2D eigenvalue weighted by Crippen LogP contribution is -2.17. The molecule has 0 heterocycles. The van der Waals surface area contributed by atoms with Crippen LogP contribution in [-0.4, -0.2) is 17.0 Å². The lowest BCUT2D eigenvalue weighted by molar-refractivity contribution is -0.384. The van der Waals surface area contributed by atoms with E-state index in [9.17, 15) is 14.9 Å². The topological polar surface area (TPSA) is 93.8 Å². The normalized spacial score (nSPS) is 10.7. The Morgan fingerprint density at radius 1 is 1.10 bits per heavy atom. The Morgan fingerprint density at radius 3 is 2.62 bits per heavy atom. The second-order valence-corrected chi connectivity index (χ2v) is 6.83. The van der Waals surface area contributed by atoms with Crippen molar-refractivity contribution in [1.29, 1.82) is 0 Å². The van der Waals surface area contributed by atoms with Crippen LogP contribution in [0.3, 0.4) is 0 Å². The molecule has 0 aliphatic rings. The number of halogens is 1. The summed E-state index contributed by atoms with van der Waals surface area (Å²) in [5.41, 5.74) is 4.16. The summed E-state index contributed by atoms with van der Waals surface area (Å²) in [7, 11) is 0. The van der Waals surface area contributed by atoms with Crippen LogP contribution in [-0.2, 0) is 6.61 Å². The standard InChI is InChI=1S/C21H16BrN3O4/c22-19-11-16(9-10-20(19)29-14-15-5-2-1-3-6-15)13-23-24-21(26)17-7-4-8-18(12-17)25(27)28/h1-13H,14H2,(H,24,26). The van der Waals surface area contributed by atoms with Crippen LogP contribution in [0.2, 0.25) is 0 Å². The van der Waals surface area contributed by atoms with E-state index in [0.717, 1.165) is 15.6 Å². The number of amides is 1. The van der Waals surface area contributed by atoms with E-state index in [0.29, 0.717) is 12.4 Å². The minimum atomic E-state index is -0.557. The van der Waals surface area contributed by atoms with E-state index >= 15 is 0 Å². The maximum Gasteiger partial charge on any atom is 0.271 e. The summed E-state index contributed by atoms with van der Waals surface area (Å²) in [6, 6.07) is 20.7. The molecule has 0 atom stereocenters. The summed E-state index contributed by atoms with van der Waals surface area (Å²) in [6.45, 7) is 0.451. The SMILES string of the molecule is O=C(NN=Cc1ccc(OCc2ccccc2)c(Br)c1)c1cccc([N+](=O)[O-])c1. The van der Waals surface area contributed by atoms with E-state index in [1.165, 1.54) is 30.5 Å². The van der Waals surface area contributed by atoms with Gasteiger partial charge in [0.25, 0.3) is 11.6 Å². The zero-order chi connectivity index (χ0) is 20.6. The van der Waals surface area contributed by atoms with Gasteiger partial charge >= 0.3 is 0 Å². The van der Waals surface area contributed by atoms with Crippen LogP contribution in [0.4, 0.5) is 5.69 Å². The van der Waals surface area contributed by atoms with Crippen molar-refractivity contribution in [2.24, 2.45) is 5.10 Å². The highest BCUT2D eigenvalue weighted by atomic mass is 79.9. The lowest BCUT2D eigenvalue weighted by Gasteiger charge is -2.08. The van der Waals surface area contributed by atoms with Crippen molar-refractivity contribution in [3.05, 3.63) is 104 Å². The van der Waals surface area contributed by atoms with Crippen molar-refractivity contribution in [2.45, 2.75) is 6.61 Å². The van der Waals surface area contributed by atoms with E-state index in [-0.39, 0.29) is 11.3 Å². The largest absolute Gasteiger partial charge is 0.488 e. The fraction of sp³-hybridized carbons (Fsp3) is 0.0476. The second-order valence-electron chi connectivity index (χ2n) is 5.97. The number of nitro benzene ring substituents is 1. The van der Waals surface area contributed by atoms with Crippen molar-refractivity contribution >= 4 is 33.7 Å². The summed E-state index contributed by atoms with van der Waals surface area (Å²) in [4.78, 5) is 22.3. The third-order valence-corrected chi connectivity index (χ3v) is 4.51. The zero-order valence-electron chi connectivity index (χ0n) is 15.1. The third-order valence-electron chi connectivity index (χ3n) is 3.89. The summed E-state index contributed by atoms with van der Waals surface area (Å²) >= 11 is 3.46. The highest BCUT2D eigenvalue weighted by Gasteiger charge is 2.10. The molecule has 3 rings (SSSR count). The molecule has 1 N–H and O–H groups in total. The number of rotatable bonds is 7. The first kappa shape index (κ1) is 20.2. The van der Waals surface area contributed by atoms with Crippen molar-refractivity contribution in [1.82, 2.24) is 5.43 Å². The molecule has 8 heteroatoms. The molecule has 3 aromatic rings. The molecule has 0 saturated carbocycles. The lowest BCUT2D eigenvalue weighted by atomic mass is 10.2. The summed E-state index contributed by atoms with van der Waals surface area (Å²) < 4.78 is 6.54. The van der Waals surface area contributed by atoms with E-state index < -0.39 is 10.8 Å². The Labute approximate surface area is 175 Å². The molecule has 0 aliphatic carbocycles. The van der Waals surface area contributed by atoms with Crippen LogP contribution in [0.1, 0.15) is 21.5 Å². The molecule has 7 nitrogen and oxygen atoms in total. The average Bonchev–Trinajstić information content (AvgIpc) is 2.74. The predicted octanol–water partition coefficient (Wildman–Crippen LogP) is 4.70. The molecule has 1 amide bonds. The number of hydrazone groups is 1. The quantitative estimate of drug-likeness (QED) is 0.318. The van der Waals surface area contributed by atoms with Gasteiger partial charge in [0.15, 0.2) is 0 Å². The Balaban J connectivity index is 1.59. The van der Waals surface area contributed by atoms with E-state index in [2.05, 4.69) is 26.5 Å². The van der Waals surface area contributed by atoms with Crippen molar-refractivity contribution in [2.75, 3.05) is 0 Å². The first-order chi connectivity index (χ1) is 14.0. The molecular weight excluding hydrogens is 438 g/mol. The Hall–Kier alpha value is -3.52. The Morgan fingerprint density at radius 2 is 1.90 bits per heavy atom. The average molecular weight is 454 g/mol. The van der Waals surface area contributed by atoms with Gasteiger partial charge in [-0.2, -0.15) is 5.10 Å². The number of carbonyl (C=O) groups excluding carboxylic acids is 1. The number of hydrogen-bond donors (Lipinski definition) is 1. The number of benzene rings is 3. The number of nitrogens with zero attached hydrogens (tertiary/aromatic N) is 2. The van der Waals surface area contributed by atoms with Crippen LogP contribution in [0, 0.1) is 10.1 Å². The molecule has 29 heavy (non-hydrogen) atoms. The number of hydrogen-bond acceptors (Lipinski definition) is 5. The summed E-state index contributed by atoms with van der Waals surface area (Å²) in [5, 5.41) is 14.7. The molecular formula is C21H16BrN3O4. The first-order valence-electron chi connectivity index (χ1n) is 8.57. The summed E-state index contributed by atoms with van der Waals surface area (Å²) in [5.74, 6) is 0.151. The molecule has 0 radical (unpaired) electrons. The fourth-order valence-electron chi connectivity index (χ4n) is 2.44. The monoisotopic (exact) mass is 453 g/mol. The molecule has 0 fully saturated rings. The molecule has 0 aliphatic heterocycles. The van der Waals surface area contributed by atoms with Crippen molar-refractivity contribution in [3.8, 4) is 5.75 Å². The smallest absolute Gasteiger partial charge is 0.271 e. The molecule has 0 bridgehead atoms. The minimum absolute atomic E-state index is 0.155. The van der Waals surface area contributed by atoms with Gasteiger partial charge in [0.2, 0.25) is 0 Å². The number of nitrogens with one attached hydrogen (secondary N) is 1. The summed E-state index contributed by atoms with van der Waals surface area (Å²) in [6.07, 6.45) is 1.47. The van der Waals surface area contributed by atoms with E-state index in [4.69, 9.17) is 4.74 Å². The van der Waals surface area contributed by atoms with Crippen LogP contribution < -0.4 is 10.2 Å². The minimum Gasteiger partial charge on any atom is -0.488 e. The fourth-order valence-corrected chi connectivity index (χ4v) is 2.95. The van der Waals surface area contributed by atoms with Crippen LogP contribution in [0.25, 0.3) is 0 Å². The van der Waals surface area contributed by atoms with Gasteiger partial charge in [0.05, 0.1) is 15.6 Å². The second kappa shape index (κ2) is 9.61. The molecule has 0 aromatic heterocycles. The number of nitro groups is 1. The number of non-ortho nitro benzene ring substituents is 1. The Kier molecular flexibility index (Phi) is 6.70. The highest BCUT2D eigenvalue weighted by Crippen LogP contribution is 2.26. The zero-order valence-corrected chi connectivity index (χ0v) is 16.7. The first-order valence-corrected chi connectivity index (χ1v) is 9.36. The van der Waals surface area contributed by atoms with Crippen molar-refractivity contribution < 1.29 is 14.5 Å². The van der Waals surface area contributed by atoms with Gasteiger partial charge in [-0.1, -0.05) is 36.4 Å². The van der Waals surface area contributed by atoms with Gasteiger partial charge in [0, 0.05) is 17.7 Å². The highest BCUT2D eigenvalue weighted by molar-refractivity contribution is 9.10. The van der Waals surface area contributed by atoms with Gasteiger partial charge in [-0.3, -0.25) is 14.9 Å². The van der Waals surface area contributed by atoms with Gasteiger partial charge in [0.1, 0.15) is 12.4 Å². The van der Waals surface area contributed by atoms with Gasteiger partial charge in [-0.15, -0.1) is 0 Å². The molecule has 3 aromatic carbocycles. The molecule has 0 unspecified atom stereocenters. The van der Waals surface area contributed by atoms with Crippen LogP contribution in [0.15, 0.2) is 82.4 Å². The number of carbonyl (C=O) groups is 1. The van der Waals surface area contributed by atoms with Crippen LogP contribution >= 0.6 is 15.9 Å². The molecule has 0 saturated heterocycles. The third kappa shape index (κ3) is 5.73. The van der Waals surface area contributed by atoms with Crippen molar-refractivity contribution in [3.63, 3.8) is 0 Å². The molecule has 146 valence electrons. The maximum atomic E-state index is 12.1. The van der Waals surface area contributed by atoms with Gasteiger partial charge < -0.3 is 4.74 Å². The van der Waals surface area contributed by atoms with Gasteiger partial charge in [-0.05, 0) is 51.3 Å². The van der Waals surface area contributed by atoms with E-state index in [1.807, 2.05) is 36.4 Å². The van der Waals surface area contributed by atoms with Crippen LogP contribution in [0.5, 0.6) is 5.75 Å². The predicted molar refractivity (Wildman–Crippen MR) is 113 cm³/mol. The molecule has 0 spiro atoms. The number of ether oxygens (including phenoxy) is 1. The Bertz CT molecular complexity index is 1050.